The third-order valence-corrected chi connectivity index (χ3v) is 4.06. The molecule has 1 aromatic carbocycles. The first-order valence-electron chi connectivity index (χ1n) is 5.43. The summed E-state index contributed by atoms with van der Waals surface area (Å²) in [5.74, 6) is -1.00. The van der Waals surface area contributed by atoms with E-state index < -0.39 is 28.2 Å². The summed E-state index contributed by atoms with van der Waals surface area (Å²) in [6.07, 6.45) is -0.502. The number of aliphatic carboxylic acids is 1. The van der Waals surface area contributed by atoms with E-state index in [9.17, 15) is 13.2 Å². The van der Waals surface area contributed by atoms with E-state index in [2.05, 4.69) is 5.32 Å². The van der Waals surface area contributed by atoms with Crippen molar-refractivity contribution in [1.82, 2.24) is 5.32 Å². The highest BCUT2D eigenvalue weighted by molar-refractivity contribution is 7.86. The van der Waals surface area contributed by atoms with Crippen LogP contribution in [0.15, 0.2) is 35.2 Å². The average Bonchev–Trinajstić information content (AvgIpc) is 2.78. The Hall–Kier alpha value is -1.44. The second-order valence-corrected chi connectivity index (χ2v) is 5.59. The first-order chi connectivity index (χ1) is 8.49. The molecular formula is C11H13NO5S. The van der Waals surface area contributed by atoms with E-state index in [4.69, 9.17) is 9.29 Å². The fraction of sp³-hybridized carbons (Fsp3) is 0.364. The van der Waals surface area contributed by atoms with Crippen molar-refractivity contribution in [2.45, 2.75) is 23.5 Å². The van der Waals surface area contributed by atoms with Crippen molar-refractivity contribution in [2.24, 2.45) is 0 Å². The number of carboxylic acid groups (broad SMARTS) is 1. The van der Waals surface area contributed by atoms with Crippen LogP contribution in [-0.2, 0) is 19.1 Å². The highest BCUT2D eigenvalue weighted by Gasteiger charge is 2.33. The normalized spacial score (nSPS) is 24.0. The maximum Gasteiger partial charge on any atom is 0.320 e. The molecule has 1 saturated heterocycles. The summed E-state index contributed by atoms with van der Waals surface area (Å²) in [6.45, 7) is 0.211. The molecule has 6 nitrogen and oxygen atoms in total. The number of benzene rings is 1. The van der Waals surface area contributed by atoms with Gasteiger partial charge in [-0.1, -0.05) is 18.2 Å². The Morgan fingerprint density at radius 3 is 2.56 bits per heavy atom. The van der Waals surface area contributed by atoms with Crippen LogP contribution in [0, 0.1) is 0 Å². The van der Waals surface area contributed by atoms with Crippen LogP contribution >= 0.6 is 0 Å². The molecule has 2 rings (SSSR count). The predicted octanol–water partition coefficient (Wildman–Crippen LogP) is 0.207. The van der Waals surface area contributed by atoms with Crippen molar-refractivity contribution in [1.29, 1.82) is 0 Å². The zero-order chi connectivity index (χ0) is 13.2. The molecule has 0 amide bonds. The van der Waals surface area contributed by atoms with E-state index in [0.29, 0.717) is 0 Å². The molecule has 2 N–H and O–H groups in total. The van der Waals surface area contributed by atoms with Crippen molar-refractivity contribution in [2.75, 3.05) is 6.54 Å². The summed E-state index contributed by atoms with van der Waals surface area (Å²) in [5, 5.41) is 11.5. The number of carbonyl (C=O) groups is 1. The van der Waals surface area contributed by atoms with Crippen molar-refractivity contribution in [3.8, 4) is 0 Å². The molecule has 1 aromatic rings. The standard InChI is InChI=1S/C11H13NO5S/c13-11(14)10-6-8(7-12-10)17-18(15,16)9-4-2-1-3-5-9/h1-5,8,10,12H,6-7H2,(H,13,14). The van der Waals surface area contributed by atoms with Gasteiger partial charge in [0.15, 0.2) is 0 Å². The Morgan fingerprint density at radius 2 is 2.00 bits per heavy atom. The van der Waals surface area contributed by atoms with E-state index in [1.807, 2.05) is 0 Å². The topological polar surface area (TPSA) is 92.7 Å². The monoisotopic (exact) mass is 271 g/mol. The van der Waals surface area contributed by atoms with E-state index in [0.717, 1.165) is 0 Å². The summed E-state index contributed by atoms with van der Waals surface area (Å²) < 4.78 is 28.7. The van der Waals surface area contributed by atoms with E-state index in [1.54, 1.807) is 18.2 Å². The first-order valence-corrected chi connectivity index (χ1v) is 6.84. The lowest BCUT2D eigenvalue weighted by Gasteiger charge is -2.10. The molecule has 7 heteroatoms. The van der Waals surface area contributed by atoms with Gasteiger partial charge in [0.2, 0.25) is 0 Å². The second kappa shape index (κ2) is 5.05. The van der Waals surface area contributed by atoms with E-state index in [-0.39, 0.29) is 17.9 Å². The summed E-state index contributed by atoms with van der Waals surface area (Å²) in [4.78, 5) is 10.8. The summed E-state index contributed by atoms with van der Waals surface area (Å²) in [7, 11) is -3.83. The molecule has 0 bridgehead atoms. The van der Waals surface area contributed by atoms with Crippen molar-refractivity contribution >= 4 is 16.1 Å². The van der Waals surface area contributed by atoms with Gasteiger partial charge < -0.3 is 10.4 Å². The minimum atomic E-state index is -3.83. The second-order valence-electron chi connectivity index (χ2n) is 4.02. The molecule has 2 unspecified atom stereocenters. The minimum absolute atomic E-state index is 0.0729. The van der Waals surface area contributed by atoms with Crippen molar-refractivity contribution in [3.05, 3.63) is 30.3 Å². The highest BCUT2D eigenvalue weighted by Crippen LogP contribution is 2.18. The van der Waals surface area contributed by atoms with Crippen LogP contribution in [0.25, 0.3) is 0 Å². The third kappa shape index (κ3) is 2.87. The molecule has 1 fully saturated rings. The van der Waals surface area contributed by atoms with Gasteiger partial charge in [0.25, 0.3) is 10.1 Å². The van der Waals surface area contributed by atoms with Gasteiger partial charge in [0.05, 0.1) is 11.0 Å². The molecule has 1 heterocycles. The predicted molar refractivity (Wildman–Crippen MR) is 62.5 cm³/mol. The average molecular weight is 271 g/mol. The Kier molecular flexibility index (Phi) is 3.65. The Morgan fingerprint density at radius 1 is 1.33 bits per heavy atom. The molecule has 98 valence electrons. The van der Waals surface area contributed by atoms with E-state index in [1.165, 1.54) is 12.1 Å². The molecule has 0 radical (unpaired) electrons. The maximum absolute atomic E-state index is 11.9. The number of nitrogens with one attached hydrogen (secondary N) is 1. The van der Waals surface area contributed by atoms with Gasteiger partial charge in [0, 0.05) is 13.0 Å². The Balaban J connectivity index is 2.05. The largest absolute Gasteiger partial charge is 0.480 e. The van der Waals surface area contributed by atoms with Crippen LogP contribution in [0.1, 0.15) is 6.42 Å². The van der Waals surface area contributed by atoms with Crippen LogP contribution in [0.4, 0.5) is 0 Å². The van der Waals surface area contributed by atoms with Gasteiger partial charge in [0.1, 0.15) is 6.04 Å². The first kappa shape index (κ1) is 13.0. The highest BCUT2D eigenvalue weighted by atomic mass is 32.2. The van der Waals surface area contributed by atoms with Crippen LogP contribution in [-0.4, -0.2) is 38.2 Å². The molecule has 1 aliphatic heterocycles. The molecule has 1 aliphatic rings. The number of rotatable bonds is 4. The fourth-order valence-corrected chi connectivity index (χ4v) is 2.89. The summed E-state index contributed by atoms with van der Waals surface area (Å²) >= 11 is 0. The molecular weight excluding hydrogens is 258 g/mol. The molecule has 0 aliphatic carbocycles. The van der Waals surface area contributed by atoms with Crippen LogP contribution in [0.3, 0.4) is 0 Å². The minimum Gasteiger partial charge on any atom is -0.480 e. The Bertz CT molecular complexity index is 528. The zero-order valence-corrected chi connectivity index (χ0v) is 10.3. The van der Waals surface area contributed by atoms with E-state index >= 15 is 0 Å². The SMILES string of the molecule is O=C(O)C1CC(OS(=O)(=O)c2ccccc2)CN1. The van der Waals surface area contributed by atoms with Gasteiger partial charge in [-0.05, 0) is 12.1 Å². The molecule has 0 spiro atoms. The lowest BCUT2D eigenvalue weighted by atomic mass is 10.2. The molecule has 18 heavy (non-hydrogen) atoms. The zero-order valence-electron chi connectivity index (χ0n) is 9.44. The quantitative estimate of drug-likeness (QED) is 0.760. The Labute approximate surface area is 105 Å². The maximum atomic E-state index is 11.9. The van der Waals surface area contributed by atoms with Gasteiger partial charge in [-0.2, -0.15) is 8.42 Å². The van der Waals surface area contributed by atoms with Crippen LogP contribution < -0.4 is 5.32 Å². The van der Waals surface area contributed by atoms with Gasteiger partial charge in [-0.3, -0.25) is 8.98 Å². The van der Waals surface area contributed by atoms with Gasteiger partial charge >= 0.3 is 5.97 Å². The molecule has 0 aromatic heterocycles. The smallest absolute Gasteiger partial charge is 0.320 e. The van der Waals surface area contributed by atoms with Crippen molar-refractivity contribution < 1.29 is 22.5 Å². The van der Waals surface area contributed by atoms with Crippen molar-refractivity contribution in [3.63, 3.8) is 0 Å². The third-order valence-electron chi connectivity index (χ3n) is 2.68. The summed E-state index contributed by atoms with van der Waals surface area (Å²) in [6, 6.07) is 7.03. The van der Waals surface area contributed by atoms with Gasteiger partial charge in [-0.25, -0.2) is 0 Å². The summed E-state index contributed by atoms with van der Waals surface area (Å²) in [5.41, 5.74) is 0. The lowest BCUT2D eigenvalue weighted by Crippen LogP contribution is -2.30. The number of hydrogen-bond donors (Lipinski definition) is 2. The fourth-order valence-electron chi connectivity index (χ4n) is 1.79. The van der Waals surface area contributed by atoms with Gasteiger partial charge in [-0.15, -0.1) is 0 Å². The number of carboxylic acids is 1. The van der Waals surface area contributed by atoms with Crippen LogP contribution in [0.5, 0.6) is 0 Å². The van der Waals surface area contributed by atoms with Crippen LogP contribution in [0.2, 0.25) is 0 Å². The molecule has 2 atom stereocenters. The number of hydrogen-bond acceptors (Lipinski definition) is 5. The lowest BCUT2D eigenvalue weighted by molar-refractivity contribution is -0.139. The molecule has 0 saturated carbocycles.